The van der Waals surface area contributed by atoms with Crippen molar-refractivity contribution in [3.8, 4) is 0 Å². The summed E-state index contributed by atoms with van der Waals surface area (Å²) in [5, 5.41) is 0. The van der Waals surface area contributed by atoms with Crippen molar-refractivity contribution >= 4 is 41.4 Å². The van der Waals surface area contributed by atoms with Crippen molar-refractivity contribution in [1.82, 2.24) is 29.4 Å². The van der Waals surface area contributed by atoms with E-state index in [-0.39, 0.29) is 45.8 Å². The van der Waals surface area contributed by atoms with Crippen LogP contribution in [0, 0.1) is 0 Å². The van der Waals surface area contributed by atoms with Gasteiger partial charge in [0, 0.05) is 42.3 Å². The number of hydrogen-bond donors (Lipinski definition) is 1. The molecule has 204 valence electrons. The molecule has 0 radical (unpaired) electrons. The Labute approximate surface area is 210 Å². The van der Waals surface area contributed by atoms with Gasteiger partial charge in [-0.25, -0.2) is 0 Å². The van der Waals surface area contributed by atoms with Crippen LogP contribution in [0.4, 0.5) is 0 Å². The summed E-state index contributed by atoms with van der Waals surface area (Å²) >= 11 is 0. The number of amides is 6. The number of methoxy groups -OCH3 is 1. The Kier molecular flexibility index (Phi) is 13.7. The van der Waals surface area contributed by atoms with Crippen LogP contribution in [0.1, 0.15) is 0 Å². The van der Waals surface area contributed by atoms with Gasteiger partial charge < -0.3 is 39.9 Å². The summed E-state index contributed by atoms with van der Waals surface area (Å²) in [4.78, 5) is 91.1. The molecule has 0 heterocycles. The lowest BCUT2D eigenvalue weighted by molar-refractivity contribution is -0.148. The van der Waals surface area contributed by atoms with Gasteiger partial charge in [0.2, 0.25) is 35.4 Å². The fraction of sp³-hybridized carbons (Fsp3) is 0.667. The second kappa shape index (κ2) is 15.3. The molecule has 0 rings (SSSR count). The molecule has 0 aromatic rings. The smallest absolute Gasteiger partial charge is 0.325 e. The molecule has 0 aliphatic carbocycles. The molecule has 6 amide bonds. The molecular weight excluding hydrogens is 478 g/mol. The molecule has 2 N–H and O–H groups in total. The third-order valence-electron chi connectivity index (χ3n) is 5.19. The van der Waals surface area contributed by atoms with Crippen LogP contribution in [0.5, 0.6) is 0 Å². The van der Waals surface area contributed by atoms with Gasteiger partial charge in [-0.15, -0.1) is 0 Å². The minimum Gasteiger partial charge on any atom is -0.468 e. The van der Waals surface area contributed by atoms with Crippen molar-refractivity contribution in [3.05, 3.63) is 0 Å². The lowest BCUT2D eigenvalue weighted by atomic mass is 10.3. The molecule has 0 aliphatic rings. The first-order valence-electron chi connectivity index (χ1n) is 10.8. The molecule has 0 bridgehead atoms. The highest BCUT2D eigenvalue weighted by atomic mass is 16.5. The first-order chi connectivity index (χ1) is 16.6. The van der Waals surface area contributed by atoms with Crippen molar-refractivity contribution in [1.29, 1.82) is 0 Å². The molecule has 0 saturated carbocycles. The van der Waals surface area contributed by atoms with Gasteiger partial charge in [0.05, 0.1) is 46.4 Å². The summed E-state index contributed by atoms with van der Waals surface area (Å²) in [6.07, 6.45) is 0. The average Bonchev–Trinajstić information content (AvgIpc) is 2.82. The zero-order chi connectivity index (χ0) is 28.2. The quantitative estimate of drug-likeness (QED) is 0.239. The summed E-state index contributed by atoms with van der Waals surface area (Å²) in [6.45, 7) is -2.07. The lowest BCUT2D eigenvalue weighted by Crippen LogP contribution is -2.48. The van der Waals surface area contributed by atoms with E-state index in [9.17, 15) is 33.6 Å². The van der Waals surface area contributed by atoms with E-state index in [4.69, 9.17) is 5.73 Å². The molecule has 0 spiro atoms. The maximum absolute atomic E-state index is 12.5. The Hall–Kier alpha value is -3.75. The number of carbonyl (C=O) groups excluding carboxylic acids is 7. The Bertz CT molecular complexity index is 850. The summed E-state index contributed by atoms with van der Waals surface area (Å²) in [6, 6.07) is 0. The Morgan fingerprint density at radius 3 is 0.917 bits per heavy atom. The number of nitrogens with two attached hydrogens (primary N) is 1. The zero-order valence-electron chi connectivity index (χ0n) is 22.0. The number of carbonyl (C=O) groups is 7. The maximum Gasteiger partial charge on any atom is 0.325 e. The summed E-state index contributed by atoms with van der Waals surface area (Å²) < 4.78 is 4.49. The molecule has 0 fully saturated rings. The molecule has 0 saturated heterocycles. The van der Waals surface area contributed by atoms with Gasteiger partial charge in [-0.3, -0.25) is 33.6 Å². The highest BCUT2D eigenvalue weighted by Crippen LogP contribution is 1.98. The van der Waals surface area contributed by atoms with Gasteiger partial charge >= 0.3 is 5.97 Å². The predicted octanol–water partition coefficient (Wildman–Crippen LogP) is -4.13. The Morgan fingerprint density at radius 1 is 0.472 bits per heavy atom. The molecule has 0 aliphatic heterocycles. The van der Waals surface area contributed by atoms with Crippen molar-refractivity contribution in [2.75, 3.05) is 95.2 Å². The van der Waals surface area contributed by atoms with Crippen LogP contribution in [-0.2, 0) is 38.3 Å². The third kappa shape index (κ3) is 11.1. The molecular formula is C21H37N7O8. The monoisotopic (exact) mass is 515 g/mol. The molecule has 0 aromatic carbocycles. The van der Waals surface area contributed by atoms with Gasteiger partial charge in [0.15, 0.2) is 0 Å². The maximum atomic E-state index is 12.5. The van der Waals surface area contributed by atoms with Crippen LogP contribution >= 0.6 is 0 Å². The largest absolute Gasteiger partial charge is 0.468 e. The first kappa shape index (κ1) is 32.2. The van der Waals surface area contributed by atoms with E-state index in [2.05, 4.69) is 4.74 Å². The van der Waals surface area contributed by atoms with Gasteiger partial charge in [0.25, 0.3) is 0 Å². The van der Waals surface area contributed by atoms with E-state index >= 15 is 0 Å². The minimum absolute atomic E-state index is 0.244. The highest BCUT2D eigenvalue weighted by Gasteiger charge is 2.23. The number of hydrogen-bond acceptors (Lipinski definition) is 9. The standard InChI is InChI=1S/C21H37N7O8/c1-23(15(29)8-22)9-16(30)24(2)10-17(31)25(3)11-18(32)26(4)12-19(33)27(5)13-20(34)28(6)14-21(35)36-7/h8-14,22H2,1-7H3. The SMILES string of the molecule is COC(=O)CN(C)C(=O)CN(C)C(=O)CN(C)C(=O)CN(C)C(=O)CN(C)C(=O)CN(C)C(=O)CN. The number of rotatable bonds is 13. The van der Waals surface area contributed by atoms with Crippen LogP contribution in [-0.4, -0.2) is 166 Å². The van der Waals surface area contributed by atoms with Crippen molar-refractivity contribution in [3.63, 3.8) is 0 Å². The number of esters is 1. The molecule has 15 heteroatoms. The minimum atomic E-state index is -0.603. The van der Waals surface area contributed by atoms with E-state index in [1.807, 2.05) is 0 Å². The molecule has 15 nitrogen and oxygen atoms in total. The van der Waals surface area contributed by atoms with Gasteiger partial charge in [0.1, 0.15) is 6.54 Å². The van der Waals surface area contributed by atoms with Gasteiger partial charge in [-0.2, -0.15) is 0 Å². The number of likely N-dealkylation sites (N-methyl/N-ethyl adjacent to an activating group) is 6. The van der Waals surface area contributed by atoms with Crippen LogP contribution in [0.25, 0.3) is 0 Å². The highest BCUT2D eigenvalue weighted by molar-refractivity contribution is 5.92. The van der Waals surface area contributed by atoms with E-state index in [0.29, 0.717) is 0 Å². The second-order valence-corrected chi connectivity index (χ2v) is 8.28. The van der Waals surface area contributed by atoms with Crippen molar-refractivity contribution < 1.29 is 38.3 Å². The second-order valence-electron chi connectivity index (χ2n) is 8.28. The average molecular weight is 516 g/mol. The normalized spacial score (nSPS) is 10.1. The summed E-state index contributed by atoms with van der Waals surface area (Å²) in [7, 11) is 9.52. The summed E-state index contributed by atoms with van der Waals surface area (Å²) in [5.41, 5.74) is 5.25. The van der Waals surface area contributed by atoms with E-state index in [1.165, 1.54) is 49.4 Å². The van der Waals surface area contributed by atoms with Crippen molar-refractivity contribution in [2.45, 2.75) is 0 Å². The Balaban J connectivity index is 4.70. The van der Waals surface area contributed by atoms with Crippen LogP contribution in [0.3, 0.4) is 0 Å². The predicted molar refractivity (Wildman–Crippen MR) is 127 cm³/mol. The van der Waals surface area contributed by atoms with E-state index in [0.717, 1.165) is 29.4 Å². The molecule has 0 atom stereocenters. The molecule has 0 aromatic heterocycles. The van der Waals surface area contributed by atoms with Gasteiger partial charge in [-0.1, -0.05) is 0 Å². The van der Waals surface area contributed by atoms with Crippen LogP contribution in [0.15, 0.2) is 0 Å². The van der Waals surface area contributed by atoms with Crippen LogP contribution < -0.4 is 5.73 Å². The number of nitrogens with zero attached hydrogens (tertiary/aromatic N) is 6. The number of ether oxygens (including phenoxy) is 1. The van der Waals surface area contributed by atoms with Crippen molar-refractivity contribution in [2.24, 2.45) is 5.73 Å². The topological polar surface area (TPSA) is 174 Å². The van der Waals surface area contributed by atoms with E-state index in [1.54, 1.807) is 0 Å². The summed E-state index contributed by atoms with van der Waals surface area (Å²) in [5.74, 6) is -3.59. The van der Waals surface area contributed by atoms with Crippen LogP contribution in [0.2, 0.25) is 0 Å². The molecule has 36 heavy (non-hydrogen) atoms. The van der Waals surface area contributed by atoms with Gasteiger partial charge in [-0.05, 0) is 0 Å². The lowest BCUT2D eigenvalue weighted by Gasteiger charge is -2.26. The van der Waals surface area contributed by atoms with E-state index < -0.39 is 41.4 Å². The fourth-order valence-electron chi connectivity index (χ4n) is 2.56. The first-order valence-corrected chi connectivity index (χ1v) is 10.8. The fourth-order valence-corrected chi connectivity index (χ4v) is 2.56. The molecule has 0 unspecified atom stereocenters. The Morgan fingerprint density at radius 2 is 0.694 bits per heavy atom. The third-order valence-corrected chi connectivity index (χ3v) is 5.19. The zero-order valence-corrected chi connectivity index (χ0v) is 22.0.